The maximum atomic E-state index is 6.25. The highest BCUT2D eigenvalue weighted by molar-refractivity contribution is 7.99. The molecular formula is C18H27NOS. The predicted octanol–water partition coefficient (Wildman–Crippen LogP) is 3.95. The Balaban J connectivity index is 1.77. The molecule has 2 fully saturated rings. The third kappa shape index (κ3) is 3.46. The number of rotatable bonds is 3. The number of hydrogen-bond donors (Lipinski definition) is 1. The molecule has 0 amide bonds. The second-order valence-corrected chi connectivity index (χ2v) is 7.80. The summed E-state index contributed by atoms with van der Waals surface area (Å²) in [6.07, 6.45) is 4.86. The smallest absolute Gasteiger partial charge is 0.0701 e. The normalized spacial score (nSPS) is 26.7. The van der Waals surface area contributed by atoms with Gasteiger partial charge in [0.05, 0.1) is 5.60 Å². The minimum atomic E-state index is 0.174. The van der Waals surface area contributed by atoms with Crippen molar-refractivity contribution >= 4 is 11.8 Å². The van der Waals surface area contributed by atoms with E-state index < -0.39 is 0 Å². The van der Waals surface area contributed by atoms with Crippen LogP contribution in [0.15, 0.2) is 24.3 Å². The van der Waals surface area contributed by atoms with Crippen LogP contribution in [0, 0.1) is 12.8 Å². The van der Waals surface area contributed by atoms with Gasteiger partial charge in [-0.15, -0.1) is 0 Å². The molecule has 2 saturated heterocycles. The van der Waals surface area contributed by atoms with E-state index in [-0.39, 0.29) is 5.60 Å². The third-order valence-electron chi connectivity index (χ3n) is 5.12. The lowest BCUT2D eigenvalue weighted by Gasteiger charge is -2.45. The molecule has 3 rings (SSSR count). The molecule has 0 bridgehead atoms. The maximum Gasteiger partial charge on any atom is 0.0701 e. The minimum Gasteiger partial charge on any atom is -0.375 e. The van der Waals surface area contributed by atoms with Crippen molar-refractivity contribution in [2.75, 3.05) is 25.2 Å². The molecule has 0 radical (unpaired) electrons. The molecule has 3 heteroatoms. The predicted molar refractivity (Wildman–Crippen MR) is 90.9 cm³/mol. The molecule has 2 nitrogen and oxygen atoms in total. The summed E-state index contributed by atoms with van der Waals surface area (Å²) in [5.74, 6) is 3.22. The van der Waals surface area contributed by atoms with Gasteiger partial charge in [0.15, 0.2) is 0 Å². The highest BCUT2D eigenvalue weighted by atomic mass is 32.2. The summed E-state index contributed by atoms with van der Waals surface area (Å²) in [5, 5.41) is 3.58. The van der Waals surface area contributed by atoms with Gasteiger partial charge in [-0.1, -0.05) is 29.8 Å². The Morgan fingerprint density at radius 1 is 1.33 bits per heavy atom. The highest BCUT2D eigenvalue weighted by Crippen LogP contribution is 2.43. The average molecular weight is 305 g/mol. The molecule has 1 aromatic rings. The lowest BCUT2D eigenvalue weighted by Crippen LogP contribution is -2.45. The van der Waals surface area contributed by atoms with Crippen LogP contribution in [0.1, 0.15) is 42.9 Å². The first-order chi connectivity index (χ1) is 10.2. The summed E-state index contributed by atoms with van der Waals surface area (Å²) < 4.78 is 6.25. The number of benzene rings is 1. The van der Waals surface area contributed by atoms with Crippen LogP contribution in [-0.4, -0.2) is 30.8 Å². The van der Waals surface area contributed by atoms with E-state index in [4.69, 9.17) is 4.74 Å². The van der Waals surface area contributed by atoms with Gasteiger partial charge in [0.2, 0.25) is 0 Å². The van der Waals surface area contributed by atoms with Crippen molar-refractivity contribution in [3.8, 4) is 0 Å². The summed E-state index contributed by atoms with van der Waals surface area (Å²) in [4.78, 5) is 0. The standard InChI is InChI=1S/C18H27NOS/c1-14-4-3-5-15(12-14)17(19-2)16-6-9-20-18(13-16)7-10-21-11-8-18/h3-5,12,16-17,19H,6-11,13H2,1-2H3. The molecule has 2 unspecified atom stereocenters. The highest BCUT2D eigenvalue weighted by Gasteiger charge is 2.41. The molecule has 2 atom stereocenters. The van der Waals surface area contributed by atoms with E-state index in [0.29, 0.717) is 12.0 Å². The van der Waals surface area contributed by atoms with Crippen molar-refractivity contribution in [1.82, 2.24) is 5.32 Å². The Morgan fingerprint density at radius 3 is 2.86 bits per heavy atom. The number of hydrogen-bond acceptors (Lipinski definition) is 3. The second kappa shape index (κ2) is 6.72. The van der Waals surface area contributed by atoms with Gasteiger partial charge in [0.25, 0.3) is 0 Å². The van der Waals surface area contributed by atoms with Crippen LogP contribution >= 0.6 is 11.8 Å². The molecule has 2 heterocycles. The Hall–Kier alpha value is -0.510. The van der Waals surface area contributed by atoms with Crippen molar-refractivity contribution in [2.24, 2.45) is 5.92 Å². The Morgan fingerprint density at radius 2 is 2.14 bits per heavy atom. The Bertz CT molecular complexity index is 465. The first-order valence-electron chi connectivity index (χ1n) is 8.18. The first kappa shape index (κ1) is 15.4. The molecule has 1 N–H and O–H groups in total. The summed E-state index contributed by atoms with van der Waals surface area (Å²) in [6, 6.07) is 9.43. The first-order valence-corrected chi connectivity index (χ1v) is 9.33. The van der Waals surface area contributed by atoms with Crippen LogP contribution in [0.3, 0.4) is 0 Å². The molecule has 21 heavy (non-hydrogen) atoms. The van der Waals surface area contributed by atoms with E-state index in [1.165, 1.54) is 48.3 Å². The Labute approximate surface area is 133 Å². The topological polar surface area (TPSA) is 21.3 Å². The zero-order chi connectivity index (χ0) is 14.7. The van der Waals surface area contributed by atoms with Gasteiger partial charge >= 0.3 is 0 Å². The monoisotopic (exact) mass is 305 g/mol. The number of nitrogens with one attached hydrogen (secondary N) is 1. The second-order valence-electron chi connectivity index (χ2n) is 6.58. The van der Waals surface area contributed by atoms with E-state index >= 15 is 0 Å². The lowest BCUT2D eigenvalue weighted by molar-refractivity contribution is -0.107. The maximum absolute atomic E-state index is 6.25. The number of ether oxygens (including phenoxy) is 1. The Kier molecular flexibility index (Phi) is 4.92. The van der Waals surface area contributed by atoms with Crippen molar-refractivity contribution in [3.05, 3.63) is 35.4 Å². The van der Waals surface area contributed by atoms with Crippen molar-refractivity contribution < 1.29 is 4.74 Å². The van der Waals surface area contributed by atoms with Crippen LogP contribution in [-0.2, 0) is 4.74 Å². The molecule has 1 spiro atoms. The minimum absolute atomic E-state index is 0.174. The molecule has 0 aliphatic carbocycles. The zero-order valence-electron chi connectivity index (χ0n) is 13.2. The van der Waals surface area contributed by atoms with Crippen LogP contribution in [0.4, 0.5) is 0 Å². The fourth-order valence-corrected chi connectivity index (χ4v) is 5.22. The van der Waals surface area contributed by atoms with E-state index in [2.05, 4.69) is 55.3 Å². The van der Waals surface area contributed by atoms with Crippen LogP contribution in [0.25, 0.3) is 0 Å². The zero-order valence-corrected chi connectivity index (χ0v) is 14.0. The van der Waals surface area contributed by atoms with Gasteiger partial charge in [0, 0.05) is 12.6 Å². The summed E-state index contributed by atoms with van der Waals surface area (Å²) in [5.41, 5.74) is 2.96. The van der Waals surface area contributed by atoms with Crippen molar-refractivity contribution in [1.29, 1.82) is 0 Å². The quantitative estimate of drug-likeness (QED) is 0.913. The van der Waals surface area contributed by atoms with Crippen molar-refractivity contribution in [3.63, 3.8) is 0 Å². The SMILES string of the molecule is CNC(c1cccc(C)c1)C1CCOC2(CCSCC2)C1. The van der Waals surface area contributed by atoms with Gasteiger partial charge in [-0.3, -0.25) is 0 Å². The van der Waals surface area contributed by atoms with Crippen molar-refractivity contribution in [2.45, 2.75) is 44.2 Å². The van der Waals surface area contributed by atoms with Crippen LogP contribution < -0.4 is 5.32 Å². The molecule has 2 aliphatic rings. The molecule has 1 aromatic carbocycles. The fourth-order valence-electron chi connectivity index (χ4n) is 3.98. The van der Waals surface area contributed by atoms with Gasteiger partial charge in [-0.25, -0.2) is 0 Å². The largest absolute Gasteiger partial charge is 0.375 e. The van der Waals surface area contributed by atoms with E-state index in [0.717, 1.165) is 6.61 Å². The van der Waals surface area contributed by atoms with Crippen LogP contribution in [0.5, 0.6) is 0 Å². The summed E-state index contributed by atoms with van der Waals surface area (Å²) in [7, 11) is 2.10. The van der Waals surface area contributed by atoms with E-state index in [9.17, 15) is 0 Å². The lowest BCUT2D eigenvalue weighted by atomic mass is 9.77. The molecule has 0 aromatic heterocycles. The summed E-state index contributed by atoms with van der Waals surface area (Å²) >= 11 is 2.08. The average Bonchev–Trinajstić information content (AvgIpc) is 2.49. The summed E-state index contributed by atoms with van der Waals surface area (Å²) in [6.45, 7) is 3.11. The fraction of sp³-hybridized carbons (Fsp3) is 0.667. The van der Waals surface area contributed by atoms with Gasteiger partial charge in [0.1, 0.15) is 0 Å². The molecule has 2 aliphatic heterocycles. The van der Waals surface area contributed by atoms with E-state index in [1.807, 2.05) is 0 Å². The molecule has 0 saturated carbocycles. The van der Waals surface area contributed by atoms with Gasteiger partial charge < -0.3 is 10.1 Å². The molecule has 116 valence electrons. The number of aryl methyl sites for hydroxylation is 1. The van der Waals surface area contributed by atoms with Crippen LogP contribution in [0.2, 0.25) is 0 Å². The van der Waals surface area contributed by atoms with Gasteiger partial charge in [-0.2, -0.15) is 11.8 Å². The molecular weight excluding hydrogens is 278 g/mol. The van der Waals surface area contributed by atoms with E-state index in [1.54, 1.807) is 0 Å². The number of thioether (sulfide) groups is 1. The third-order valence-corrected chi connectivity index (χ3v) is 6.10. The van der Waals surface area contributed by atoms with Gasteiger partial charge in [-0.05, 0) is 62.6 Å².